The highest BCUT2D eigenvalue weighted by molar-refractivity contribution is 7.98. The summed E-state index contributed by atoms with van der Waals surface area (Å²) in [6.07, 6.45) is 4.85. The molecule has 0 saturated carbocycles. The highest BCUT2D eigenvalue weighted by Crippen LogP contribution is 2.17. The van der Waals surface area contributed by atoms with Crippen LogP contribution in [-0.4, -0.2) is 34.6 Å². The van der Waals surface area contributed by atoms with E-state index in [1.54, 1.807) is 11.8 Å². The lowest BCUT2D eigenvalue weighted by molar-refractivity contribution is 0.602. The first kappa shape index (κ1) is 17.7. The van der Waals surface area contributed by atoms with E-state index in [1.807, 2.05) is 11.8 Å². The third kappa shape index (κ3) is 4.56. The van der Waals surface area contributed by atoms with Crippen molar-refractivity contribution in [2.45, 2.75) is 39.7 Å². The number of aromatic nitrogens is 2. The van der Waals surface area contributed by atoms with E-state index in [1.165, 1.54) is 4.57 Å². The fourth-order valence-electron chi connectivity index (χ4n) is 2.25. The molecule has 0 aliphatic heterocycles. The number of nitrogens with two attached hydrogens (primary N) is 1. The maximum absolute atomic E-state index is 12.1. The predicted octanol–water partition coefficient (Wildman–Crippen LogP) is 1.50. The molecule has 0 bridgehead atoms. The number of thioether (sulfide) groups is 1. The summed E-state index contributed by atoms with van der Waals surface area (Å²) in [4.78, 5) is 28.4. The second kappa shape index (κ2) is 8.81. The summed E-state index contributed by atoms with van der Waals surface area (Å²) in [6, 6.07) is 0. The van der Waals surface area contributed by atoms with Crippen molar-refractivity contribution >= 4 is 23.3 Å². The molecule has 7 heteroatoms. The van der Waals surface area contributed by atoms with Gasteiger partial charge in [0.05, 0.1) is 0 Å². The van der Waals surface area contributed by atoms with Crippen LogP contribution in [0.4, 0.5) is 11.5 Å². The van der Waals surface area contributed by atoms with Gasteiger partial charge >= 0.3 is 5.69 Å². The molecule has 21 heavy (non-hydrogen) atoms. The smallest absolute Gasteiger partial charge is 0.330 e. The van der Waals surface area contributed by atoms with Crippen LogP contribution in [0.3, 0.4) is 0 Å². The molecule has 120 valence electrons. The van der Waals surface area contributed by atoms with Crippen LogP contribution in [0.1, 0.15) is 33.1 Å². The van der Waals surface area contributed by atoms with Crippen LogP contribution in [0.5, 0.6) is 0 Å². The van der Waals surface area contributed by atoms with Gasteiger partial charge in [-0.1, -0.05) is 13.3 Å². The first-order valence-electron chi connectivity index (χ1n) is 7.43. The van der Waals surface area contributed by atoms with Gasteiger partial charge in [0.15, 0.2) is 0 Å². The molecular weight excluding hydrogens is 288 g/mol. The van der Waals surface area contributed by atoms with Crippen molar-refractivity contribution < 1.29 is 0 Å². The Bertz CT molecular complexity index is 553. The minimum atomic E-state index is -0.421. The third-order valence-corrected chi connectivity index (χ3v) is 4.12. The predicted molar refractivity (Wildman–Crippen MR) is 91.5 cm³/mol. The van der Waals surface area contributed by atoms with Crippen LogP contribution in [0.25, 0.3) is 0 Å². The molecule has 0 aliphatic carbocycles. The van der Waals surface area contributed by atoms with Gasteiger partial charge in [0.25, 0.3) is 5.56 Å². The average molecular weight is 314 g/mol. The van der Waals surface area contributed by atoms with Crippen LogP contribution in [0.2, 0.25) is 0 Å². The second-order valence-electron chi connectivity index (χ2n) is 4.92. The van der Waals surface area contributed by atoms with Gasteiger partial charge in [0.2, 0.25) is 0 Å². The topological polar surface area (TPSA) is 84.1 Å². The molecule has 6 nitrogen and oxygen atoms in total. The lowest BCUT2D eigenvalue weighted by atomic mass is 10.3. The van der Waals surface area contributed by atoms with Crippen molar-refractivity contribution in [2.75, 3.05) is 35.7 Å². The van der Waals surface area contributed by atoms with Crippen LogP contribution in [0.15, 0.2) is 9.59 Å². The van der Waals surface area contributed by atoms with Gasteiger partial charge in [-0.15, -0.1) is 0 Å². The van der Waals surface area contributed by atoms with Crippen molar-refractivity contribution in [3.8, 4) is 0 Å². The van der Waals surface area contributed by atoms with E-state index in [-0.39, 0.29) is 5.82 Å². The summed E-state index contributed by atoms with van der Waals surface area (Å²) in [5, 5.41) is 0. The standard InChI is InChI=1S/C14H26N4O2S/c1-4-6-9-18-12(15)11(13(19)16-14(18)20)17(5-2)8-7-10-21-3/h4-10,15H2,1-3H3,(H,16,19,20). The van der Waals surface area contributed by atoms with Crippen LogP contribution < -0.4 is 21.9 Å². The molecule has 0 unspecified atom stereocenters. The van der Waals surface area contributed by atoms with E-state index in [9.17, 15) is 9.59 Å². The Morgan fingerprint density at radius 3 is 2.57 bits per heavy atom. The number of hydrogen-bond acceptors (Lipinski definition) is 5. The Morgan fingerprint density at radius 2 is 2.00 bits per heavy atom. The van der Waals surface area contributed by atoms with Gasteiger partial charge in [-0.25, -0.2) is 4.79 Å². The Morgan fingerprint density at radius 1 is 1.29 bits per heavy atom. The summed E-state index contributed by atoms with van der Waals surface area (Å²) >= 11 is 1.78. The minimum absolute atomic E-state index is 0.281. The molecule has 0 aliphatic rings. The molecule has 0 aromatic carbocycles. The average Bonchev–Trinajstić information content (AvgIpc) is 2.45. The maximum atomic E-state index is 12.1. The highest BCUT2D eigenvalue weighted by atomic mass is 32.2. The molecule has 1 rings (SSSR count). The molecule has 0 spiro atoms. The number of nitrogen functional groups attached to an aromatic ring is 1. The number of rotatable bonds is 9. The lowest BCUT2D eigenvalue weighted by Gasteiger charge is -2.24. The summed E-state index contributed by atoms with van der Waals surface area (Å²) in [6.45, 7) is 6.02. The fourth-order valence-corrected chi connectivity index (χ4v) is 2.67. The number of nitrogens with zero attached hydrogens (tertiary/aromatic N) is 2. The Labute approximate surface area is 129 Å². The number of aromatic amines is 1. The Hall–Kier alpha value is -1.37. The molecular formula is C14H26N4O2S. The van der Waals surface area contributed by atoms with Gasteiger partial charge in [-0.2, -0.15) is 11.8 Å². The normalized spacial score (nSPS) is 10.8. The monoisotopic (exact) mass is 314 g/mol. The zero-order valence-corrected chi connectivity index (χ0v) is 14.0. The summed E-state index contributed by atoms with van der Waals surface area (Å²) < 4.78 is 1.47. The van der Waals surface area contributed by atoms with E-state index >= 15 is 0 Å². The van der Waals surface area contributed by atoms with Crippen LogP contribution >= 0.6 is 11.8 Å². The van der Waals surface area contributed by atoms with Gasteiger partial charge in [-0.05, 0) is 31.8 Å². The molecule has 1 aromatic rings. The zero-order valence-electron chi connectivity index (χ0n) is 13.1. The number of H-pyrrole nitrogens is 1. The van der Waals surface area contributed by atoms with E-state index in [0.29, 0.717) is 18.8 Å². The quantitative estimate of drug-likeness (QED) is 0.675. The Balaban J connectivity index is 3.14. The van der Waals surface area contributed by atoms with Crippen LogP contribution in [-0.2, 0) is 6.54 Å². The SMILES string of the molecule is CCCCn1c(N)c(N(CC)CCCSC)c(=O)[nH]c1=O. The molecule has 1 heterocycles. The van der Waals surface area contributed by atoms with Crippen LogP contribution in [0, 0.1) is 0 Å². The number of nitrogens with one attached hydrogen (secondary N) is 1. The summed E-state index contributed by atoms with van der Waals surface area (Å²) in [5.41, 5.74) is 5.71. The zero-order chi connectivity index (χ0) is 15.8. The molecule has 1 aromatic heterocycles. The molecule has 0 saturated heterocycles. The minimum Gasteiger partial charge on any atom is -0.383 e. The number of hydrogen-bond donors (Lipinski definition) is 2. The van der Waals surface area contributed by atoms with E-state index in [2.05, 4.69) is 18.2 Å². The highest BCUT2D eigenvalue weighted by Gasteiger charge is 2.17. The van der Waals surface area contributed by atoms with Gasteiger partial charge in [0, 0.05) is 19.6 Å². The number of anilines is 2. The maximum Gasteiger partial charge on any atom is 0.330 e. The van der Waals surface area contributed by atoms with Crippen molar-refractivity contribution in [3.05, 3.63) is 20.8 Å². The number of unbranched alkanes of at least 4 members (excludes halogenated alkanes) is 1. The first-order valence-corrected chi connectivity index (χ1v) is 8.82. The fraction of sp³-hybridized carbons (Fsp3) is 0.714. The summed E-state index contributed by atoms with van der Waals surface area (Å²) in [5.74, 6) is 1.31. The van der Waals surface area contributed by atoms with Crippen molar-refractivity contribution in [3.63, 3.8) is 0 Å². The molecule has 0 radical (unpaired) electrons. The largest absolute Gasteiger partial charge is 0.383 e. The molecule has 0 amide bonds. The summed E-state index contributed by atoms with van der Waals surface area (Å²) in [7, 11) is 0. The lowest BCUT2D eigenvalue weighted by Crippen LogP contribution is -2.39. The molecule has 0 fully saturated rings. The Kier molecular flexibility index (Phi) is 7.42. The van der Waals surface area contributed by atoms with Crippen molar-refractivity contribution in [2.24, 2.45) is 0 Å². The van der Waals surface area contributed by atoms with E-state index < -0.39 is 11.2 Å². The molecule has 0 atom stereocenters. The van der Waals surface area contributed by atoms with E-state index in [0.717, 1.165) is 31.6 Å². The van der Waals surface area contributed by atoms with Gasteiger partial charge in [0.1, 0.15) is 11.5 Å². The van der Waals surface area contributed by atoms with Gasteiger partial charge < -0.3 is 10.6 Å². The third-order valence-electron chi connectivity index (χ3n) is 3.42. The van der Waals surface area contributed by atoms with Crippen molar-refractivity contribution in [1.82, 2.24) is 9.55 Å². The van der Waals surface area contributed by atoms with Gasteiger partial charge in [-0.3, -0.25) is 14.3 Å². The first-order chi connectivity index (χ1) is 10.1. The second-order valence-corrected chi connectivity index (χ2v) is 5.91. The molecule has 3 N–H and O–H groups in total. The van der Waals surface area contributed by atoms with Crippen molar-refractivity contribution in [1.29, 1.82) is 0 Å². The van der Waals surface area contributed by atoms with E-state index in [4.69, 9.17) is 5.73 Å².